The Morgan fingerprint density at radius 2 is 1.45 bits per heavy atom. The molecule has 0 aromatic heterocycles. The van der Waals surface area contributed by atoms with Gasteiger partial charge in [-0.25, -0.2) is 0 Å². The number of nitrogens with one attached hydrogen (secondary N) is 1. The Bertz CT molecular complexity index is 1010. The summed E-state index contributed by atoms with van der Waals surface area (Å²) >= 11 is 0. The molecule has 0 bridgehead atoms. The van der Waals surface area contributed by atoms with E-state index in [1.807, 2.05) is 69.3 Å². The van der Waals surface area contributed by atoms with Crippen LogP contribution in [0.2, 0.25) is 0 Å². The first kappa shape index (κ1) is 20.3. The van der Waals surface area contributed by atoms with E-state index in [4.69, 9.17) is 0 Å². The molecule has 0 fully saturated rings. The lowest BCUT2D eigenvalue weighted by Gasteiger charge is -2.21. The molecule has 0 unspecified atom stereocenters. The topological polar surface area (TPSA) is 49.4 Å². The van der Waals surface area contributed by atoms with Crippen LogP contribution < -0.4 is 10.2 Å². The summed E-state index contributed by atoms with van der Waals surface area (Å²) in [5, 5.41) is 2.92. The van der Waals surface area contributed by atoms with Gasteiger partial charge in [0.2, 0.25) is 0 Å². The van der Waals surface area contributed by atoms with Gasteiger partial charge >= 0.3 is 0 Å². The molecule has 3 aromatic rings. The van der Waals surface area contributed by atoms with Gasteiger partial charge in [0.1, 0.15) is 0 Å². The summed E-state index contributed by atoms with van der Waals surface area (Å²) in [6, 6.07) is 22.7. The van der Waals surface area contributed by atoms with Gasteiger partial charge in [0.05, 0.1) is 0 Å². The number of amides is 2. The molecular weight excluding hydrogens is 360 g/mol. The Balaban J connectivity index is 1.68. The summed E-state index contributed by atoms with van der Waals surface area (Å²) in [7, 11) is 0. The average molecular weight is 386 g/mol. The van der Waals surface area contributed by atoms with Crippen LogP contribution in [0.1, 0.15) is 44.3 Å². The van der Waals surface area contributed by atoms with Gasteiger partial charge in [-0.15, -0.1) is 0 Å². The standard InChI is InChI=1S/C25H26N2O2/c1-4-27(23-10-6-8-19(3)16-23)25(29)22-13-11-21(12-14-22)24(28)26-17-20-9-5-7-18(2)15-20/h5-16H,4,17H2,1-3H3,(H,26,28). The van der Waals surface area contributed by atoms with Crippen molar-refractivity contribution in [3.8, 4) is 0 Å². The van der Waals surface area contributed by atoms with Crippen molar-refractivity contribution < 1.29 is 9.59 Å². The van der Waals surface area contributed by atoms with Crippen molar-refractivity contribution in [3.05, 3.63) is 101 Å². The average Bonchev–Trinajstić information content (AvgIpc) is 2.73. The van der Waals surface area contributed by atoms with E-state index in [0.29, 0.717) is 24.2 Å². The van der Waals surface area contributed by atoms with Crippen molar-refractivity contribution in [1.29, 1.82) is 0 Å². The van der Waals surface area contributed by atoms with Crippen LogP contribution in [-0.2, 0) is 6.54 Å². The molecule has 29 heavy (non-hydrogen) atoms. The molecule has 4 heteroatoms. The third-order valence-electron chi connectivity index (χ3n) is 4.80. The third kappa shape index (κ3) is 5.11. The number of aryl methyl sites for hydroxylation is 2. The van der Waals surface area contributed by atoms with Gasteiger partial charge in [0.15, 0.2) is 0 Å². The fourth-order valence-corrected chi connectivity index (χ4v) is 3.27. The summed E-state index contributed by atoms with van der Waals surface area (Å²) in [5.41, 5.74) is 5.29. The first-order valence-electron chi connectivity index (χ1n) is 9.80. The van der Waals surface area contributed by atoms with E-state index in [1.54, 1.807) is 29.2 Å². The van der Waals surface area contributed by atoms with Crippen LogP contribution >= 0.6 is 0 Å². The molecule has 2 amide bonds. The van der Waals surface area contributed by atoms with Crippen molar-refractivity contribution in [2.24, 2.45) is 0 Å². The summed E-state index contributed by atoms with van der Waals surface area (Å²) in [6.07, 6.45) is 0. The van der Waals surface area contributed by atoms with Crippen molar-refractivity contribution in [3.63, 3.8) is 0 Å². The van der Waals surface area contributed by atoms with Gasteiger partial charge in [-0.05, 0) is 68.3 Å². The molecule has 0 aliphatic heterocycles. The maximum Gasteiger partial charge on any atom is 0.258 e. The predicted octanol–water partition coefficient (Wildman–Crippen LogP) is 4.90. The smallest absolute Gasteiger partial charge is 0.258 e. The quantitative estimate of drug-likeness (QED) is 0.655. The van der Waals surface area contributed by atoms with E-state index in [1.165, 1.54) is 0 Å². The Morgan fingerprint density at radius 1 is 0.828 bits per heavy atom. The zero-order valence-electron chi connectivity index (χ0n) is 17.1. The monoisotopic (exact) mass is 386 g/mol. The molecule has 0 spiro atoms. The summed E-state index contributed by atoms with van der Waals surface area (Å²) in [4.78, 5) is 27.1. The predicted molar refractivity (Wildman–Crippen MR) is 117 cm³/mol. The van der Waals surface area contributed by atoms with E-state index in [0.717, 1.165) is 22.4 Å². The zero-order chi connectivity index (χ0) is 20.8. The summed E-state index contributed by atoms with van der Waals surface area (Å²) < 4.78 is 0. The zero-order valence-corrected chi connectivity index (χ0v) is 17.1. The highest BCUT2D eigenvalue weighted by Gasteiger charge is 2.17. The molecule has 1 N–H and O–H groups in total. The number of anilines is 1. The lowest BCUT2D eigenvalue weighted by atomic mass is 10.1. The van der Waals surface area contributed by atoms with E-state index in [9.17, 15) is 9.59 Å². The Morgan fingerprint density at radius 3 is 2.07 bits per heavy atom. The molecule has 0 aliphatic carbocycles. The van der Waals surface area contributed by atoms with Gasteiger partial charge in [0, 0.05) is 29.9 Å². The maximum absolute atomic E-state index is 12.9. The molecule has 0 radical (unpaired) electrons. The first-order chi connectivity index (χ1) is 14.0. The Hall–Kier alpha value is -3.40. The SMILES string of the molecule is CCN(C(=O)c1ccc(C(=O)NCc2cccc(C)c2)cc1)c1cccc(C)c1. The Kier molecular flexibility index (Phi) is 6.45. The fourth-order valence-electron chi connectivity index (χ4n) is 3.27. The molecule has 3 rings (SSSR count). The first-order valence-corrected chi connectivity index (χ1v) is 9.80. The Labute approximate surface area is 172 Å². The van der Waals surface area contributed by atoms with Crippen molar-refractivity contribution >= 4 is 17.5 Å². The van der Waals surface area contributed by atoms with Crippen LogP contribution in [0.5, 0.6) is 0 Å². The van der Waals surface area contributed by atoms with Crippen molar-refractivity contribution in [1.82, 2.24) is 5.32 Å². The second-order valence-electron chi connectivity index (χ2n) is 7.14. The van der Waals surface area contributed by atoms with E-state index in [-0.39, 0.29) is 11.8 Å². The highest BCUT2D eigenvalue weighted by Crippen LogP contribution is 2.19. The van der Waals surface area contributed by atoms with Crippen LogP contribution in [0.25, 0.3) is 0 Å². The largest absolute Gasteiger partial charge is 0.348 e. The number of rotatable bonds is 6. The second kappa shape index (κ2) is 9.20. The number of carbonyl (C=O) groups is 2. The second-order valence-corrected chi connectivity index (χ2v) is 7.14. The minimum Gasteiger partial charge on any atom is -0.348 e. The molecule has 0 saturated heterocycles. The van der Waals surface area contributed by atoms with Gasteiger partial charge in [0.25, 0.3) is 11.8 Å². The highest BCUT2D eigenvalue weighted by atomic mass is 16.2. The highest BCUT2D eigenvalue weighted by molar-refractivity contribution is 6.06. The number of nitrogens with zero attached hydrogens (tertiary/aromatic N) is 1. The number of benzene rings is 3. The lowest BCUT2D eigenvalue weighted by Crippen LogP contribution is -2.30. The van der Waals surface area contributed by atoms with Crippen LogP contribution in [-0.4, -0.2) is 18.4 Å². The molecule has 0 heterocycles. The van der Waals surface area contributed by atoms with Crippen molar-refractivity contribution in [2.75, 3.05) is 11.4 Å². The minimum absolute atomic E-state index is 0.0789. The molecule has 0 aliphatic rings. The fraction of sp³-hybridized carbons (Fsp3) is 0.200. The van der Waals surface area contributed by atoms with Crippen LogP contribution in [0, 0.1) is 13.8 Å². The van der Waals surface area contributed by atoms with Gasteiger partial charge in [-0.2, -0.15) is 0 Å². The van der Waals surface area contributed by atoms with Gasteiger partial charge in [-0.3, -0.25) is 9.59 Å². The molecule has 0 saturated carbocycles. The summed E-state index contributed by atoms with van der Waals surface area (Å²) in [5.74, 6) is -0.235. The molecule has 3 aromatic carbocycles. The molecule has 0 atom stereocenters. The van der Waals surface area contributed by atoms with Crippen LogP contribution in [0.3, 0.4) is 0 Å². The third-order valence-corrected chi connectivity index (χ3v) is 4.80. The summed E-state index contributed by atoms with van der Waals surface area (Å²) in [6.45, 7) is 7.02. The van der Waals surface area contributed by atoms with Crippen LogP contribution in [0.15, 0.2) is 72.8 Å². The lowest BCUT2D eigenvalue weighted by molar-refractivity contribution is 0.0947. The van der Waals surface area contributed by atoms with Gasteiger partial charge in [-0.1, -0.05) is 42.0 Å². The maximum atomic E-state index is 12.9. The van der Waals surface area contributed by atoms with E-state index < -0.39 is 0 Å². The minimum atomic E-state index is -0.156. The number of carbonyl (C=O) groups excluding carboxylic acids is 2. The number of hydrogen-bond acceptors (Lipinski definition) is 2. The molecule has 148 valence electrons. The normalized spacial score (nSPS) is 10.4. The molecular formula is C25H26N2O2. The molecule has 4 nitrogen and oxygen atoms in total. The van der Waals surface area contributed by atoms with Crippen LogP contribution in [0.4, 0.5) is 5.69 Å². The van der Waals surface area contributed by atoms with Crippen molar-refractivity contribution in [2.45, 2.75) is 27.3 Å². The van der Waals surface area contributed by atoms with E-state index >= 15 is 0 Å². The van der Waals surface area contributed by atoms with Gasteiger partial charge < -0.3 is 10.2 Å². The number of hydrogen-bond donors (Lipinski definition) is 1. The van der Waals surface area contributed by atoms with E-state index in [2.05, 4.69) is 5.32 Å².